The van der Waals surface area contributed by atoms with Crippen LogP contribution in [0.4, 0.5) is 0 Å². The van der Waals surface area contributed by atoms with E-state index in [1.165, 1.54) is 0 Å². The minimum Gasteiger partial charge on any atom is -0.347 e. The summed E-state index contributed by atoms with van der Waals surface area (Å²) in [7, 11) is 0. The minimum atomic E-state index is -0.187. The zero-order chi connectivity index (χ0) is 43.8. The van der Waals surface area contributed by atoms with Gasteiger partial charge in [-0.25, -0.2) is 0 Å². The molecule has 12 nitrogen and oxygen atoms in total. The number of benzene rings is 2. The molecule has 12 rings (SSSR count). The van der Waals surface area contributed by atoms with Crippen molar-refractivity contribution in [2.45, 2.75) is 102 Å². The van der Waals surface area contributed by atoms with Crippen LogP contribution in [0, 0.1) is 0 Å². The molecule has 2 saturated carbocycles. The Morgan fingerprint density at radius 1 is 0.328 bits per heavy atom. The van der Waals surface area contributed by atoms with E-state index < -0.39 is 0 Å². The van der Waals surface area contributed by atoms with Crippen LogP contribution in [0.5, 0.6) is 0 Å². The molecule has 2 aliphatic carbocycles. The number of hydrogen-bond acceptors (Lipinski definition) is 4. The lowest BCUT2D eigenvalue weighted by Crippen LogP contribution is -2.53. The molecule has 12 bridgehead atoms. The van der Waals surface area contributed by atoms with Crippen molar-refractivity contribution in [2.75, 3.05) is 0 Å². The van der Waals surface area contributed by atoms with E-state index in [-0.39, 0.29) is 47.8 Å². The van der Waals surface area contributed by atoms with Gasteiger partial charge >= 0.3 is 0 Å². The van der Waals surface area contributed by atoms with Gasteiger partial charge in [-0.05, 0) is 49.9 Å². The topological polar surface area (TPSA) is 132 Å². The third-order valence-electron chi connectivity index (χ3n) is 12.8. The van der Waals surface area contributed by atoms with Crippen molar-refractivity contribution in [2.24, 2.45) is 0 Å². The average Bonchev–Trinajstić information content (AvgIpc) is 3.31. The second kappa shape index (κ2) is 19.5. The van der Waals surface area contributed by atoms with Gasteiger partial charge in [0, 0.05) is 70.7 Å². The zero-order valence-electron chi connectivity index (χ0n) is 36.1. The molecule has 0 unspecified atom stereocenters. The molecule has 64 heavy (non-hydrogen) atoms. The van der Waals surface area contributed by atoms with Crippen molar-refractivity contribution in [3.8, 4) is 0 Å². The van der Waals surface area contributed by atoms with Gasteiger partial charge in [-0.15, -0.1) is 0 Å². The first-order valence-corrected chi connectivity index (χ1v) is 22.6. The number of nitrogens with zero attached hydrogens (tertiary/aromatic N) is 4. The van der Waals surface area contributed by atoms with Crippen LogP contribution in [0.3, 0.4) is 0 Å². The maximum absolute atomic E-state index is 13.7. The summed E-state index contributed by atoms with van der Waals surface area (Å²) in [4.78, 5) is 54.8. The van der Waals surface area contributed by atoms with E-state index >= 15 is 0 Å². The van der Waals surface area contributed by atoms with E-state index in [0.29, 0.717) is 48.4 Å². The summed E-state index contributed by atoms with van der Waals surface area (Å²) in [5.41, 5.74) is 6.59. The summed E-state index contributed by atoms with van der Waals surface area (Å²) in [5.74, 6) is -0.637. The standard InChI is InChI=1S/C52H52N8O4/c61-49-41-9-5-25-57(33-41)29-37-17-19-39(20-18-37)31-59-27-7-11-43(35-59)51(63)55-47-15-3-4-16-48(47)56-52(64)44-12-8-28-60(36-44)32-40-23-21-38(22-24-40)30-58-26-6-10-42(34-58)50(62)54-46-14-2-1-13-45(46)53-49/h5-12,17-28,33-36,45-48H,1-4,13-16,29-32H2/p+4/t45-,46-,47-,48-/m0/s1. The molecule has 4 aromatic heterocycles. The van der Waals surface area contributed by atoms with Crippen LogP contribution in [-0.4, -0.2) is 47.8 Å². The predicted molar refractivity (Wildman–Crippen MR) is 238 cm³/mol. The summed E-state index contributed by atoms with van der Waals surface area (Å²) in [6.07, 6.45) is 22.4. The largest absolute Gasteiger partial charge is 0.347 e. The lowest BCUT2D eigenvalue weighted by molar-refractivity contribution is -0.689. The van der Waals surface area contributed by atoms with Crippen LogP contribution in [0.15, 0.2) is 147 Å². The molecule has 0 radical (unpaired) electrons. The molecule has 4 atom stereocenters. The van der Waals surface area contributed by atoms with Crippen molar-refractivity contribution in [3.63, 3.8) is 0 Å². The number of nitrogens with one attached hydrogen (secondary N) is 4. The highest BCUT2D eigenvalue weighted by atomic mass is 16.2. The van der Waals surface area contributed by atoms with Gasteiger partial charge in [0.25, 0.3) is 23.6 Å². The van der Waals surface area contributed by atoms with Gasteiger partial charge in [-0.1, -0.05) is 74.2 Å². The van der Waals surface area contributed by atoms with Gasteiger partial charge < -0.3 is 21.3 Å². The van der Waals surface area contributed by atoms with Crippen LogP contribution in [0.25, 0.3) is 0 Å². The number of aromatic nitrogens is 4. The molecule has 2 aromatic carbocycles. The smallest absolute Gasteiger partial charge is 0.257 e. The monoisotopic (exact) mass is 856 g/mol. The molecule has 8 heterocycles. The lowest BCUT2D eigenvalue weighted by Gasteiger charge is -2.32. The third-order valence-corrected chi connectivity index (χ3v) is 12.8. The number of carbonyl (C=O) groups is 4. The maximum Gasteiger partial charge on any atom is 0.257 e. The third kappa shape index (κ3) is 10.6. The van der Waals surface area contributed by atoms with Crippen molar-refractivity contribution < 1.29 is 37.4 Å². The Labute approximate surface area is 374 Å². The molecule has 0 saturated heterocycles. The Morgan fingerprint density at radius 3 is 0.766 bits per heavy atom. The van der Waals surface area contributed by atoms with E-state index in [0.717, 1.165) is 73.6 Å². The fourth-order valence-electron chi connectivity index (χ4n) is 9.32. The molecule has 4 N–H and O–H groups in total. The van der Waals surface area contributed by atoms with Crippen LogP contribution >= 0.6 is 0 Å². The SMILES string of the molecule is O=C1N[C@H]2CCCC[C@@H]2NC(=O)c2ccc[n+](c2)Cc2ccc(cc2)C[n+]2cccc(c2)C(=O)N[C@H]2CCCC[C@@H]2NC(=O)c2ccc[n+](c2)Cc2ccc(cc2)C[n+]2cccc1c2. The summed E-state index contributed by atoms with van der Waals surface area (Å²) in [5, 5.41) is 13.0. The van der Waals surface area contributed by atoms with Crippen molar-refractivity contribution in [1.82, 2.24) is 21.3 Å². The van der Waals surface area contributed by atoms with Crippen LogP contribution in [0.1, 0.15) is 115 Å². The van der Waals surface area contributed by atoms with Crippen molar-refractivity contribution in [1.29, 1.82) is 0 Å². The van der Waals surface area contributed by atoms with Crippen LogP contribution < -0.4 is 39.5 Å². The predicted octanol–water partition coefficient (Wildman–Crippen LogP) is 4.29. The zero-order valence-corrected chi connectivity index (χ0v) is 36.1. The minimum absolute atomic E-state index is 0.159. The average molecular weight is 857 g/mol. The summed E-state index contributed by atoms with van der Waals surface area (Å²) in [6.45, 7) is 2.34. The van der Waals surface area contributed by atoms with Gasteiger partial charge in [0.05, 0.1) is 0 Å². The van der Waals surface area contributed by atoms with Gasteiger partial charge in [0.1, 0.15) is 22.3 Å². The van der Waals surface area contributed by atoms with Crippen molar-refractivity contribution >= 4 is 23.6 Å². The highest BCUT2D eigenvalue weighted by Gasteiger charge is 2.31. The Balaban J connectivity index is 0.961. The fraction of sp³-hybridized carbons (Fsp3) is 0.308. The number of pyridine rings is 4. The summed E-state index contributed by atoms with van der Waals surface area (Å²) in [6, 6.07) is 30.8. The van der Waals surface area contributed by atoms with Gasteiger partial charge in [0.2, 0.25) is 0 Å². The summed E-state index contributed by atoms with van der Waals surface area (Å²) < 4.78 is 8.03. The number of amides is 4. The maximum atomic E-state index is 13.7. The second-order valence-corrected chi connectivity index (χ2v) is 17.6. The molecule has 324 valence electrons. The van der Waals surface area contributed by atoms with E-state index in [2.05, 4.69) is 69.8 Å². The first-order chi connectivity index (χ1) is 31.3. The fourth-order valence-corrected chi connectivity index (χ4v) is 9.32. The van der Waals surface area contributed by atoms with Crippen LogP contribution in [-0.2, 0) is 26.2 Å². The molecule has 6 aromatic rings. The van der Waals surface area contributed by atoms with Gasteiger partial charge in [-0.2, -0.15) is 18.3 Å². The van der Waals surface area contributed by atoms with E-state index in [1.54, 1.807) is 0 Å². The summed E-state index contributed by atoms with van der Waals surface area (Å²) >= 11 is 0. The first kappa shape index (κ1) is 42.2. The molecule has 4 amide bonds. The molecule has 2 fully saturated rings. The first-order valence-electron chi connectivity index (χ1n) is 22.6. The van der Waals surface area contributed by atoms with E-state index in [9.17, 15) is 19.2 Å². The van der Waals surface area contributed by atoms with Crippen molar-refractivity contribution in [3.05, 3.63) is 191 Å². The Morgan fingerprint density at radius 2 is 0.547 bits per heavy atom. The number of carbonyl (C=O) groups excluding carboxylic acids is 4. The molecule has 0 spiro atoms. The number of hydrogen-bond donors (Lipinski definition) is 4. The van der Waals surface area contributed by atoms with E-state index in [1.807, 2.05) is 116 Å². The number of rotatable bonds is 0. The van der Waals surface area contributed by atoms with Crippen LogP contribution in [0.2, 0.25) is 0 Å². The Kier molecular flexibility index (Phi) is 12.9. The quantitative estimate of drug-likeness (QED) is 0.170. The molecule has 6 aliphatic rings. The Bertz CT molecular complexity index is 2290. The second-order valence-electron chi connectivity index (χ2n) is 17.6. The molecule has 4 aliphatic heterocycles. The molecular formula is C52H56N8O4+4. The highest BCUT2D eigenvalue weighted by Crippen LogP contribution is 2.21. The highest BCUT2D eigenvalue weighted by molar-refractivity contribution is 5.96. The molecular weight excluding hydrogens is 801 g/mol. The lowest BCUT2D eigenvalue weighted by atomic mass is 9.90. The normalized spacial score (nSPS) is 21.0. The van der Waals surface area contributed by atoms with Gasteiger partial charge in [0.15, 0.2) is 75.8 Å². The van der Waals surface area contributed by atoms with E-state index in [4.69, 9.17) is 0 Å². The molecule has 12 heteroatoms. The Hall–Kier alpha value is -7.08. The van der Waals surface area contributed by atoms with Gasteiger partial charge in [-0.3, -0.25) is 19.2 Å².